The number of hydrogen-bond acceptors (Lipinski definition) is 3. The first-order valence-corrected chi connectivity index (χ1v) is 7.34. The van der Waals surface area contributed by atoms with Crippen molar-refractivity contribution in [1.82, 2.24) is 4.90 Å². The number of hydrogen-bond donors (Lipinski definition) is 2. The van der Waals surface area contributed by atoms with Gasteiger partial charge in [-0.2, -0.15) is 0 Å². The number of benzene rings is 1. The number of piperidine rings is 1. The number of carbonyl (C=O) groups excluding carboxylic acids is 1. The van der Waals surface area contributed by atoms with Crippen molar-refractivity contribution in [2.24, 2.45) is 5.73 Å². The van der Waals surface area contributed by atoms with E-state index in [4.69, 9.17) is 5.73 Å². The lowest BCUT2D eigenvalue weighted by Crippen LogP contribution is -2.49. The average molecular weight is 345 g/mol. The van der Waals surface area contributed by atoms with Gasteiger partial charge in [0.2, 0.25) is 5.91 Å². The zero-order valence-corrected chi connectivity index (χ0v) is 12.7. The zero-order chi connectivity index (χ0) is 14.8. The summed E-state index contributed by atoms with van der Waals surface area (Å²) in [5, 5.41) is 10.4. The smallest absolute Gasteiger partial charge is 0.220 e. The molecule has 0 aliphatic carbocycles. The molecular formula is C14H18BrFN2O2. The summed E-state index contributed by atoms with van der Waals surface area (Å²) in [5.74, 6) is -0.776. The van der Waals surface area contributed by atoms with Gasteiger partial charge in [-0.25, -0.2) is 4.39 Å². The number of primary amides is 1. The quantitative estimate of drug-likeness (QED) is 0.874. The topological polar surface area (TPSA) is 66.6 Å². The number of halogens is 2. The highest BCUT2D eigenvalue weighted by Gasteiger charge is 2.34. The highest BCUT2D eigenvalue weighted by molar-refractivity contribution is 9.10. The standard InChI is InChI=1S/C14H18BrFN2O2/c15-12-6-11(16)3-2-10(12)8-18-5-1-4-14(20,9-18)7-13(17)19/h2-3,6,20H,1,4-5,7-9H2,(H2,17,19). The summed E-state index contributed by atoms with van der Waals surface area (Å²) < 4.78 is 13.8. The van der Waals surface area contributed by atoms with Crippen LogP contribution in [0.15, 0.2) is 22.7 Å². The van der Waals surface area contributed by atoms with Crippen molar-refractivity contribution in [3.63, 3.8) is 0 Å². The first-order chi connectivity index (χ1) is 9.38. The minimum absolute atomic E-state index is 0.0198. The molecule has 1 fully saturated rings. The van der Waals surface area contributed by atoms with Crippen LogP contribution in [0, 0.1) is 5.82 Å². The predicted molar refractivity (Wildman–Crippen MR) is 77.4 cm³/mol. The molecule has 0 spiro atoms. The summed E-state index contributed by atoms with van der Waals surface area (Å²) >= 11 is 3.34. The first-order valence-electron chi connectivity index (χ1n) is 6.55. The number of amides is 1. The molecule has 110 valence electrons. The van der Waals surface area contributed by atoms with Crippen molar-refractivity contribution in [3.8, 4) is 0 Å². The summed E-state index contributed by atoms with van der Waals surface area (Å²) in [5.41, 5.74) is 5.09. The minimum atomic E-state index is -1.05. The van der Waals surface area contributed by atoms with Crippen molar-refractivity contribution in [1.29, 1.82) is 0 Å². The Balaban J connectivity index is 2.04. The number of likely N-dealkylation sites (tertiary alicyclic amines) is 1. The molecule has 0 saturated carbocycles. The average Bonchev–Trinajstić information content (AvgIpc) is 2.31. The molecule has 0 bridgehead atoms. The third-order valence-electron chi connectivity index (χ3n) is 3.55. The molecule has 1 atom stereocenters. The Bertz CT molecular complexity index is 512. The summed E-state index contributed by atoms with van der Waals surface area (Å²) in [4.78, 5) is 13.1. The van der Waals surface area contributed by atoms with Crippen LogP contribution in [0.1, 0.15) is 24.8 Å². The van der Waals surface area contributed by atoms with Gasteiger partial charge in [0.1, 0.15) is 5.82 Å². The van der Waals surface area contributed by atoms with E-state index >= 15 is 0 Å². The van der Waals surface area contributed by atoms with Gasteiger partial charge in [-0.15, -0.1) is 0 Å². The van der Waals surface area contributed by atoms with Crippen LogP contribution in [0.4, 0.5) is 4.39 Å². The Morgan fingerprint density at radius 1 is 1.55 bits per heavy atom. The SMILES string of the molecule is NC(=O)CC1(O)CCCN(Cc2ccc(F)cc2Br)C1. The maximum absolute atomic E-state index is 13.1. The van der Waals surface area contributed by atoms with Gasteiger partial charge in [-0.3, -0.25) is 9.69 Å². The maximum Gasteiger partial charge on any atom is 0.220 e. The summed E-state index contributed by atoms with van der Waals surface area (Å²) in [7, 11) is 0. The van der Waals surface area contributed by atoms with E-state index < -0.39 is 11.5 Å². The third-order valence-corrected chi connectivity index (χ3v) is 4.28. The number of carbonyl (C=O) groups is 1. The second kappa shape index (κ2) is 6.20. The Hall–Kier alpha value is -0.980. The van der Waals surface area contributed by atoms with Gasteiger partial charge in [0.25, 0.3) is 0 Å². The highest BCUT2D eigenvalue weighted by Crippen LogP contribution is 2.27. The fourth-order valence-corrected chi connectivity index (χ4v) is 3.18. The number of β-amino-alcohol motifs (C(OH)–C–C–N with tert-alkyl or cyclic N) is 1. The van der Waals surface area contributed by atoms with E-state index in [1.165, 1.54) is 12.1 Å². The predicted octanol–water partition coefficient (Wildman–Crippen LogP) is 1.79. The van der Waals surface area contributed by atoms with Crippen molar-refractivity contribution < 1.29 is 14.3 Å². The van der Waals surface area contributed by atoms with Crippen molar-refractivity contribution in [2.45, 2.75) is 31.4 Å². The van der Waals surface area contributed by atoms with Gasteiger partial charge < -0.3 is 10.8 Å². The molecule has 3 N–H and O–H groups in total. The van der Waals surface area contributed by atoms with E-state index in [1.54, 1.807) is 6.07 Å². The van der Waals surface area contributed by atoms with Gasteiger partial charge in [0.05, 0.1) is 12.0 Å². The normalized spacial score (nSPS) is 23.8. The zero-order valence-electron chi connectivity index (χ0n) is 11.1. The number of nitrogens with two attached hydrogens (primary N) is 1. The molecule has 1 amide bonds. The largest absolute Gasteiger partial charge is 0.388 e. The molecule has 2 rings (SSSR count). The number of aliphatic hydroxyl groups is 1. The van der Waals surface area contributed by atoms with Crippen molar-refractivity contribution >= 4 is 21.8 Å². The van der Waals surface area contributed by atoms with Gasteiger partial charge in [0, 0.05) is 17.6 Å². The molecule has 6 heteroatoms. The second-order valence-corrected chi connectivity index (χ2v) is 6.27. The van der Waals surface area contributed by atoms with Crippen LogP contribution in [0.3, 0.4) is 0 Å². The van der Waals surface area contributed by atoms with Crippen molar-refractivity contribution in [2.75, 3.05) is 13.1 Å². The fraction of sp³-hybridized carbons (Fsp3) is 0.500. The Morgan fingerprint density at radius 2 is 2.30 bits per heavy atom. The summed E-state index contributed by atoms with van der Waals surface area (Å²) in [6, 6.07) is 4.57. The molecule has 0 aromatic heterocycles. The van der Waals surface area contributed by atoms with E-state index in [2.05, 4.69) is 20.8 Å². The molecule has 1 unspecified atom stereocenters. The maximum atomic E-state index is 13.1. The van der Waals surface area contributed by atoms with Crippen LogP contribution in [-0.4, -0.2) is 34.6 Å². The minimum Gasteiger partial charge on any atom is -0.388 e. The van der Waals surface area contributed by atoms with Crippen LogP contribution in [0.25, 0.3) is 0 Å². The third kappa shape index (κ3) is 4.01. The molecular weight excluding hydrogens is 327 g/mol. The number of rotatable bonds is 4. The van der Waals surface area contributed by atoms with Gasteiger partial charge in [-0.1, -0.05) is 22.0 Å². The van der Waals surface area contributed by atoms with E-state index in [-0.39, 0.29) is 12.2 Å². The Morgan fingerprint density at radius 3 is 2.95 bits per heavy atom. The van der Waals surface area contributed by atoms with E-state index in [0.29, 0.717) is 24.0 Å². The van der Waals surface area contributed by atoms with E-state index in [9.17, 15) is 14.3 Å². The van der Waals surface area contributed by atoms with Gasteiger partial charge in [-0.05, 0) is 37.1 Å². The first kappa shape index (κ1) is 15.4. The Kier molecular flexibility index (Phi) is 4.78. The molecule has 1 aromatic rings. The van der Waals surface area contributed by atoms with Gasteiger partial charge >= 0.3 is 0 Å². The Labute approximate surface area is 125 Å². The summed E-state index contributed by atoms with van der Waals surface area (Å²) in [6.07, 6.45) is 1.37. The fourth-order valence-electron chi connectivity index (χ4n) is 2.70. The van der Waals surface area contributed by atoms with Gasteiger partial charge in [0.15, 0.2) is 0 Å². The summed E-state index contributed by atoms with van der Waals surface area (Å²) in [6.45, 7) is 1.84. The van der Waals surface area contributed by atoms with Crippen molar-refractivity contribution in [3.05, 3.63) is 34.1 Å². The van der Waals surface area contributed by atoms with Crippen LogP contribution in [0.5, 0.6) is 0 Å². The molecule has 1 heterocycles. The second-order valence-electron chi connectivity index (χ2n) is 5.42. The molecule has 20 heavy (non-hydrogen) atoms. The number of nitrogens with zero attached hydrogens (tertiary/aromatic N) is 1. The lowest BCUT2D eigenvalue weighted by atomic mass is 9.89. The van der Waals surface area contributed by atoms with E-state index in [1.807, 2.05) is 0 Å². The molecule has 1 saturated heterocycles. The van der Waals surface area contributed by atoms with Crippen LogP contribution < -0.4 is 5.73 Å². The molecule has 1 aromatic carbocycles. The molecule has 1 aliphatic heterocycles. The van der Waals surface area contributed by atoms with Crippen LogP contribution in [-0.2, 0) is 11.3 Å². The molecule has 0 radical (unpaired) electrons. The van der Waals surface area contributed by atoms with E-state index in [0.717, 1.165) is 18.5 Å². The molecule has 1 aliphatic rings. The van der Waals surface area contributed by atoms with Crippen LogP contribution in [0.2, 0.25) is 0 Å². The van der Waals surface area contributed by atoms with Crippen LogP contribution >= 0.6 is 15.9 Å². The molecule has 4 nitrogen and oxygen atoms in total. The highest BCUT2D eigenvalue weighted by atomic mass is 79.9. The lowest BCUT2D eigenvalue weighted by molar-refractivity contribution is -0.125. The lowest BCUT2D eigenvalue weighted by Gasteiger charge is -2.38. The monoisotopic (exact) mass is 344 g/mol.